The molecule has 1 aromatic rings. The minimum absolute atomic E-state index is 0.0672. The average Bonchev–Trinajstić information content (AvgIpc) is 2.84. The van der Waals surface area contributed by atoms with Crippen LogP contribution in [-0.2, 0) is 19.8 Å². The lowest BCUT2D eigenvalue weighted by Crippen LogP contribution is -2.37. The van der Waals surface area contributed by atoms with Crippen molar-refractivity contribution in [1.29, 1.82) is 0 Å². The third-order valence-corrected chi connectivity index (χ3v) is 2.51. The predicted molar refractivity (Wildman–Crippen MR) is 66.5 cm³/mol. The normalized spacial score (nSPS) is 11.5. The molecule has 0 saturated heterocycles. The molecule has 0 aromatic carbocycles. The minimum atomic E-state index is -1.03. The second kappa shape index (κ2) is 5.81. The molecule has 0 unspecified atom stereocenters. The summed E-state index contributed by atoms with van der Waals surface area (Å²) in [6.45, 7) is 7.43. The van der Waals surface area contributed by atoms with Crippen LogP contribution in [0, 0.1) is 5.92 Å². The number of hydrogen-bond donors (Lipinski definition) is 0. The Balaban J connectivity index is 2.82. The van der Waals surface area contributed by atoms with Gasteiger partial charge in [0.05, 0.1) is 19.9 Å². The monoisotopic (exact) mass is 269 g/mol. The maximum atomic E-state index is 11.7. The molecule has 0 aliphatic rings. The topological polar surface area (TPSA) is 83.3 Å². The van der Waals surface area contributed by atoms with Gasteiger partial charge in [0.1, 0.15) is 0 Å². The van der Waals surface area contributed by atoms with Crippen LogP contribution < -0.4 is 0 Å². The lowest BCUT2D eigenvalue weighted by atomic mass is 10.1. The van der Waals surface area contributed by atoms with E-state index in [1.54, 1.807) is 13.8 Å². The maximum Gasteiger partial charge on any atom is 0.360 e. The van der Waals surface area contributed by atoms with E-state index < -0.39 is 17.5 Å². The van der Waals surface area contributed by atoms with Crippen molar-refractivity contribution in [2.45, 2.75) is 33.2 Å². The molecule has 0 spiro atoms. The van der Waals surface area contributed by atoms with Crippen molar-refractivity contribution >= 4 is 11.9 Å². The summed E-state index contributed by atoms with van der Waals surface area (Å²) >= 11 is 0. The highest BCUT2D eigenvalue weighted by Crippen LogP contribution is 2.16. The molecule has 19 heavy (non-hydrogen) atoms. The van der Waals surface area contributed by atoms with E-state index in [9.17, 15) is 9.59 Å². The summed E-state index contributed by atoms with van der Waals surface area (Å²) in [6.07, 6.45) is 1.37. The number of ether oxygens (including phenoxy) is 2. The molecule has 0 amide bonds. The lowest BCUT2D eigenvalue weighted by molar-refractivity contribution is -0.150. The largest absolute Gasteiger partial charge is 0.467 e. The van der Waals surface area contributed by atoms with E-state index in [0.717, 1.165) is 0 Å². The molecule has 1 aromatic heterocycles. The van der Waals surface area contributed by atoms with Gasteiger partial charge in [-0.05, 0) is 19.8 Å². The number of rotatable bonds is 5. The smallest absolute Gasteiger partial charge is 0.360 e. The van der Waals surface area contributed by atoms with E-state index in [0.29, 0.717) is 6.61 Å². The zero-order valence-electron chi connectivity index (χ0n) is 11.8. The number of carbonyl (C=O) groups excluding carboxylic acids is 2. The van der Waals surface area contributed by atoms with E-state index in [1.807, 2.05) is 13.8 Å². The van der Waals surface area contributed by atoms with Gasteiger partial charge in [-0.3, -0.25) is 0 Å². The second-order valence-electron chi connectivity index (χ2n) is 5.09. The van der Waals surface area contributed by atoms with Crippen LogP contribution >= 0.6 is 0 Å². The van der Waals surface area contributed by atoms with Crippen molar-refractivity contribution in [3.05, 3.63) is 11.9 Å². The van der Waals surface area contributed by atoms with Gasteiger partial charge in [-0.2, -0.15) is 0 Å². The standard InChI is InChI=1S/C12H19N3O4/c1-8(2)7-19-10(16)9-6-15(14-13-9)12(3,4)11(17)18-5/h6,8H,7H2,1-5H3. The first kappa shape index (κ1) is 15.1. The van der Waals surface area contributed by atoms with Crippen molar-refractivity contribution in [2.75, 3.05) is 13.7 Å². The van der Waals surface area contributed by atoms with Crippen molar-refractivity contribution in [2.24, 2.45) is 5.92 Å². The fraction of sp³-hybridized carbons (Fsp3) is 0.667. The summed E-state index contributed by atoms with van der Waals surface area (Å²) in [5.74, 6) is -0.786. The molecule has 0 bridgehead atoms. The number of nitrogens with zero attached hydrogens (tertiary/aromatic N) is 3. The van der Waals surface area contributed by atoms with Crippen LogP contribution in [0.25, 0.3) is 0 Å². The highest BCUT2D eigenvalue weighted by molar-refractivity contribution is 5.87. The molecule has 1 heterocycles. The number of esters is 2. The molecule has 0 aliphatic carbocycles. The Morgan fingerprint density at radius 3 is 2.58 bits per heavy atom. The quantitative estimate of drug-likeness (QED) is 0.741. The summed E-state index contributed by atoms with van der Waals surface area (Å²) < 4.78 is 11.0. The zero-order chi connectivity index (χ0) is 14.6. The number of aromatic nitrogens is 3. The third kappa shape index (κ3) is 3.52. The van der Waals surface area contributed by atoms with Gasteiger partial charge in [-0.25, -0.2) is 14.3 Å². The van der Waals surface area contributed by atoms with Crippen LogP contribution in [-0.4, -0.2) is 40.6 Å². The van der Waals surface area contributed by atoms with E-state index >= 15 is 0 Å². The molecule has 106 valence electrons. The third-order valence-electron chi connectivity index (χ3n) is 2.51. The summed E-state index contributed by atoms with van der Waals surface area (Å²) in [6, 6.07) is 0. The molecule has 1 rings (SSSR count). The highest BCUT2D eigenvalue weighted by atomic mass is 16.5. The number of carbonyl (C=O) groups is 2. The molecular weight excluding hydrogens is 250 g/mol. The number of hydrogen-bond acceptors (Lipinski definition) is 6. The summed E-state index contributed by atoms with van der Waals surface area (Å²) in [7, 11) is 1.29. The van der Waals surface area contributed by atoms with Crippen LogP contribution in [0.2, 0.25) is 0 Å². The fourth-order valence-electron chi connectivity index (χ4n) is 1.29. The zero-order valence-corrected chi connectivity index (χ0v) is 11.8. The Kier molecular flexibility index (Phi) is 4.63. The predicted octanol–water partition coefficient (Wildman–Crippen LogP) is 0.999. The van der Waals surface area contributed by atoms with Crippen LogP contribution in [0.3, 0.4) is 0 Å². The fourth-order valence-corrected chi connectivity index (χ4v) is 1.29. The molecule has 7 nitrogen and oxygen atoms in total. The first-order valence-electron chi connectivity index (χ1n) is 5.97. The van der Waals surface area contributed by atoms with Crippen LogP contribution in [0.4, 0.5) is 0 Å². The summed E-state index contributed by atoms with van der Waals surface area (Å²) in [5, 5.41) is 7.48. The van der Waals surface area contributed by atoms with E-state index in [4.69, 9.17) is 4.74 Å². The van der Waals surface area contributed by atoms with Gasteiger partial charge >= 0.3 is 11.9 Å². The second-order valence-corrected chi connectivity index (χ2v) is 5.09. The van der Waals surface area contributed by atoms with Gasteiger partial charge in [0, 0.05) is 0 Å². The van der Waals surface area contributed by atoms with Crippen molar-refractivity contribution in [1.82, 2.24) is 15.0 Å². The van der Waals surface area contributed by atoms with Crippen molar-refractivity contribution in [3.8, 4) is 0 Å². The molecule has 7 heteroatoms. The Hall–Kier alpha value is -1.92. The Morgan fingerprint density at radius 2 is 2.05 bits per heavy atom. The van der Waals surface area contributed by atoms with Gasteiger partial charge in [0.25, 0.3) is 0 Å². The number of methoxy groups -OCH3 is 1. The van der Waals surface area contributed by atoms with E-state index in [1.165, 1.54) is 18.0 Å². The molecule has 0 fully saturated rings. The molecule has 0 N–H and O–H groups in total. The molecular formula is C12H19N3O4. The molecule has 0 aliphatic heterocycles. The van der Waals surface area contributed by atoms with Crippen molar-refractivity contribution < 1.29 is 19.1 Å². The first-order valence-corrected chi connectivity index (χ1v) is 5.97. The SMILES string of the molecule is COC(=O)C(C)(C)n1cc(C(=O)OCC(C)C)nn1. The highest BCUT2D eigenvalue weighted by Gasteiger charge is 2.33. The minimum Gasteiger partial charge on any atom is -0.467 e. The van der Waals surface area contributed by atoms with E-state index in [-0.39, 0.29) is 11.6 Å². The average molecular weight is 269 g/mol. The van der Waals surface area contributed by atoms with Gasteiger partial charge in [0.2, 0.25) is 0 Å². The lowest BCUT2D eigenvalue weighted by Gasteiger charge is -2.20. The van der Waals surface area contributed by atoms with Gasteiger partial charge < -0.3 is 9.47 Å². The summed E-state index contributed by atoms with van der Waals surface area (Å²) in [4.78, 5) is 23.3. The van der Waals surface area contributed by atoms with Crippen LogP contribution in [0.1, 0.15) is 38.2 Å². The van der Waals surface area contributed by atoms with Gasteiger partial charge in [-0.15, -0.1) is 5.10 Å². The molecule has 0 radical (unpaired) electrons. The van der Waals surface area contributed by atoms with Gasteiger partial charge in [0.15, 0.2) is 11.2 Å². The summed E-state index contributed by atoms with van der Waals surface area (Å²) in [5.41, 5.74) is -0.962. The van der Waals surface area contributed by atoms with Crippen molar-refractivity contribution in [3.63, 3.8) is 0 Å². The Labute approximate surface area is 111 Å². The molecule has 0 atom stereocenters. The Morgan fingerprint density at radius 1 is 1.42 bits per heavy atom. The van der Waals surface area contributed by atoms with Crippen LogP contribution in [0.15, 0.2) is 6.20 Å². The first-order chi connectivity index (χ1) is 8.78. The van der Waals surface area contributed by atoms with Gasteiger partial charge in [-0.1, -0.05) is 19.1 Å². The maximum absolute atomic E-state index is 11.7. The van der Waals surface area contributed by atoms with E-state index in [2.05, 4.69) is 15.0 Å². The molecule has 0 saturated carbocycles. The Bertz CT molecular complexity index is 465. The van der Waals surface area contributed by atoms with Crippen LogP contribution in [0.5, 0.6) is 0 Å².